The van der Waals surface area contributed by atoms with Crippen molar-refractivity contribution in [1.82, 2.24) is 20.4 Å². The third kappa shape index (κ3) is 7.20. The standard InChI is InChI=1S/C23H32F2N4O3S/c1-15-12-18(28-32-15)13-22(30)26-17-4-2-16(3-5-17)6-9-29-10-7-19-20(8-11-29)33-23(27-19)31-14-21(24)25/h12,16-17,21H,2-11,13-14H2,1H3,(H,26,30)/t16-,17-. The predicted molar refractivity (Wildman–Crippen MR) is 121 cm³/mol. The van der Waals surface area contributed by atoms with Crippen LogP contribution >= 0.6 is 11.3 Å². The van der Waals surface area contributed by atoms with Gasteiger partial charge >= 0.3 is 0 Å². The van der Waals surface area contributed by atoms with Gasteiger partial charge in [0.2, 0.25) is 5.91 Å². The summed E-state index contributed by atoms with van der Waals surface area (Å²) in [6.45, 7) is 4.21. The number of aromatic nitrogens is 2. The quantitative estimate of drug-likeness (QED) is 0.586. The van der Waals surface area contributed by atoms with Crippen LogP contribution in [0.2, 0.25) is 0 Å². The van der Waals surface area contributed by atoms with E-state index in [1.165, 1.54) is 22.6 Å². The molecule has 0 radical (unpaired) electrons. The maximum atomic E-state index is 12.3. The van der Waals surface area contributed by atoms with Gasteiger partial charge in [-0.1, -0.05) is 16.5 Å². The van der Waals surface area contributed by atoms with Crippen molar-refractivity contribution >= 4 is 17.2 Å². The van der Waals surface area contributed by atoms with E-state index >= 15 is 0 Å². The van der Waals surface area contributed by atoms with Crippen LogP contribution in [-0.4, -0.2) is 59.7 Å². The van der Waals surface area contributed by atoms with Crippen LogP contribution in [0.1, 0.15) is 54.1 Å². The third-order valence-corrected chi connectivity index (χ3v) is 7.57. The highest BCUT2D eigenvalue weighted by Gasteiger charge is 2.24. The van der Waals surface area contributed by atoms with Crippen molar-refractivity contribution in [3.8, 4) is 5.19 Å². The average Bonchev–Trinajstić information content (AvgIpc) is 3.32. The minimum atomic E-state index is -2.47. The van der Waals surface area contributed by atoms with E-state index in [1.54, 1.807) is 6.07 Å². The minimum Gasteiger partial charge on any atom is -0.464 e. The Hall–Kier alpha value is -2.07. The first-order valence-electron chi connectivity index (χ1n) is 11.8. The fraction of sp³-hybridized carbons (Fsp3) is 0.696. The molecular weight excluding hydrogens is 450 g/mol. The van der Waals surface area contributed by atoms with Crippen LogP contribution in [-0.2, 0) is 24.1 Å². The summed E-state index contributed by atoms with van der Waals surface area (Å²) in [5, 5.41) is 7.41. The second-order valence-corrected chi connectivity index (χ2v) is 10.1. The molecule has 2 aromatic heterocycles. The van der Waals surface area contributed by atoms with Gasteiger partial charge in [-0.25, -0.2) is 13.8 Å². The summed E-state index contributed by atoms with van der Waals surface area (Å²) in [6, 6.07) is 2.05. The largest absolute Gasteiger partial charge is 0.464 e. The molecule has 10 heteroatoms. The van der Waals surface area contributed by atoms with Crippen LogP contribution in [0.3, 0.4) is 0 Å². The molecule has 0 unspecified atom stereocenters. The molecule has 1 saturated carbocycles. The zero-order valence-electron chi connectivity index (χ0n) is 19.0. The summed E-state index contributed by atoms with van der Waals surface area (Å²) < 4.78 is 34.8. The maximum Gasteiger partial charge on any atom is 0.273 e. The lowest BCUT2D eigenvalue weighted by atomic mass is 9.84. The van der Waals surface area contributed by atoms with Gasteiger partial charge in [0.25, 0.3) is 11.6 Å². The van der Waals surface area contributed by atoms with Gasteiger partial charge in [0.1, 0.15) is 5.76 Å². The topological polar surface area (TPSA) is 80.5 Å². The van der Waals surface area contributed by atoms with Crippen molar-refractivity contribution in [2.24, 2.45) is 5.92 Å². The van der Waals surface area contributed by atoms with E-state index in [-0.39, 0.29) is 18.4 Å². The average molecular weight is 483 g/mol. The molecule has 2 aliphatic rings. The van der Waals surface area contributed by atoms with E-state index in [2.05, 4.69) is 20.4 Å². The van der Waals surface area contributed by atoms with Crippen LogP contribution in [0, 0.1) is 12.8 Å². The number of alkyl halides is 2. The number of carbonyl (C=O) groups is 1. The number of hydrogen-bond donors (Lipinski definition) is 1. The van der Waals surface area contributed by atoms with E-state index in [0.717, 1.165) is 69.6 Å². The smallest absolute Gasteiger partial charge is 0.273 e. The second-order valence-electron chi connectivity index (χ2n) is 9.07. The molecule has 33 heavy (non-hydrogen) atoms. The number of amides is 1. The third-order valence-electron chi connectivity index (χ3n) is 6.50. The molecule has 1 amide bonds. The summed E-state index contributed by atoms with van der Waals surface area (Å²) in [4.78, 5) is 20.3. The van der Waals surface area contributed by atoms with Crippen LogP contribution in [0.15, 0.2) is 10.6 Å². The Labute approximate surface area is 196 Å². The molecule has 3 heterocycles. The fourth-order valence-electron chi connectivity index (χ4n) is 4.71. The van der Waals surface area contributed by atoms with Crippen LogP contribution in [0.5, 0.6) is 5.19 Å². The molecule has 0 saturated heterocycles. The van der Waals surface area contributed by atoms with Gasteiger partial charge < -0.3 is 19.5 Å². The molecule has 0 atom stereocenters. The van der Waals surface area contributed by atoms with E-state index < -0.39 is 13.0 Å². The number of carbonyl (C=O) groups excluding carboxylic acids is 1. The van der Waals surface area contributed by atoms with Crippen molar-refractivity contribution in [3.05, 3.63) is 28.1 Å². The second kappa shape index (κ2) is 11.4. The van der Waals surface area contributed by atoms with Crippen LogP contribution in [0.25, 0.3) is 0 Å². The number of rotatable bonds is 9. The molecular formula is C23H32F2N4O3S. The van der Waals surface area contributed by atoms with Crippen molar-refractivity contribution < 1.29 is 22.8 Å². The van der Waals surface area contributed by atoms with Crippen molar-refractivity contribution in [2.75, 3.05) is 26.2 Å². The lowest BCUT2D eigenvalue weighted by Gasteiger charge is -2.30. The first-order chi connectivity index (χ1) is 15.9. The molecule has 182 valence electrons. The Morgan fingerprint density at radius 1 is 1.30 bits per heavy atom. The highest BCUT2D eigenvalue weighted by Crippen LogP contribution is 2.30. The summed E-state index contributed by atoms with van der Waals surface area (Å²) in [5.74, 6) is 1.43. The highest BCUT2D eigenvalue weighted by molar-refractivity contribution is 7.13. The van der Waals surface area contributed by atoms with Crippen molar-refractivity contribution in [1.29, 1.82) is 0 Å². The van der Waals surface area contributed by atoms with Crippen molar-refractivity contribution in [3.63, 3.8) is 0 Å². The fourth-order valence-corrected chi connectivity index (χ4v) is 5.66. The number of thiazole rings is 1. The Balaban J connectivity index is 1.13. The molecule has 0 aromatic carbocycles. The molecule has 7 nitrogen and oxygen atoms in total. The lowest BCUT2D eigenvalue weighted by Crippen LogP contribution is -2.39. The van der Waals surface area contributed by atoms with Crippen LogP contribution < -0.4 is 10.1 Å². The summed E-state index contributed by atoms with van der Waals surface area (Å²) >= 11 is 1.41. The normalized spacial score (nSPS) is 21.6. The SMILES string of the molecule is Cc1cc(CC(=O)N[C@H]2CC[C@H](CCN3CCc4nc(OCC(F)F)sc4CC3)CC2)no1. The van der Waals surface area contributed by atoms with E-state index in [1.807, 2.05) is 6.92 Å². The lowest BCUT2D eigenvalue weighted by molar-refractivity contribution is -0.121. The molecule has 1 aliphatic heterocycles. The molecule has 0 bridgehead atoms. The molecule has 1 fully saturated rings. The summed E-state index contributed by atoms with van der Waals surface area (Å²) in [7, 11) is 0. The van der Waals surface area contributed by atoms with Gasteiger partial charge in [-0.05, 0) is 57.9 Å². The van der Waals surface area contributed by atoms with Gasteiger partial charge in [-0.2, -0.15) is 0 Å². The Morgan fingerprint density at radius 2 is 2.09 bits per heavy atom. The monoisotopic (exact) mass is 482 g/mol. The van der Waals surface area contributed by atoms with Gasteiger partial charge in [0, 0.05) is 36.5 Å². The van der Waals surface area contributed by atoms with Gasteiger partial charge in [-0.15, -0.1) is 0 Å². The number of nitrogens with zero attached hydrogens (tertiary/aromatic N) is 3. The van der Waals surface area contributed by atoms with Gasteiger partial charge in [-0.3, -0.25) is 4.79 Å². The van der Waals surface area contributed by atoms with E-state index in [9.17, 15) is 13.6 Å². The molecule has 2 aromatic rings. The number of halogens is 2. The summed E-state index contributed by atoms with van der Waals surface area (Å²) in [5.41, 5.74) is 1.68. The zero-order chi connectivity index (χ0) is 23.2. The van der Waals surface area contributed by atoms with E-state index in [0.29, 0.717) is 16.8 Å². The molecule has 0 spiro atoms. The van der Waals surface area contributed by atoms with E-state index in [4.69, 9.17) is 9.26 Å². The minimum absolute atomic E-state index is 0.0140. The number of nitrogens with one attached hydrogen (secondary N) is 1. The number of hydrogen-bond acceptors (Lipinski definition) is 7. The first kappa shape index (κ1) is 24.1. The van der Waals surface area contributed by atoms with Crippen molar-refractivity contribution in [2.45, 2.75) is 70.8 Å². The molecule has 1 aliphatic carbocycles. The molecule has 1 N–H and O–H groups in total. The zero-order valence-corrected chi connectivity index (χ0v) is 19.8. The maximum absolute atomic E-state index is 12.3. The van der Waals surface area contributed by atoms with Gasteiger partial charge in [0.15, 0.2) is 6.61 Å². The Kier molecular flexibility index (Phi) is 8.29. The Morgan fingerprint density at radius 3 is 2.82 bits per heavy atom. The highest BCUT2D eigenvalue weighted by atomic mass is 32.1. The first-order valence-corrected chi connectivity index (χ1v) is 12.6. The Bertz CT molecular complexity index is 886. The predicted octanol–water partition coefficient (Wildman–Crippen LogP) is 3.79. The number of ether oxygens (including phenoxy) is 1. The number of aryl methyl sites for hydroxylation is 1. The van der Waals surface area contributed by atoms with Gasteiger partial charge in [0.05, 0.1) is 17.8 Å². The van der Waals surface area contributed by atoms with Crippen LogP contribution in [0.4, 0.5) is 8.78 Å². The number of fused-ring (bicyclic) bond motifs is 1. The molecule has 4 rings (SSSR count). The summed E-state index contributed by atoms with van der Waals surface area (Å²) in [6.07, 6.45) is 5.04.